The van der Waals surface area contributed by atoms with E-state index in [0.717, 1.165) is 17.0 Å². The zero-order valence-corrected chi connectivity index (χ0v) is 10.7. The highest BCUT2D eigenvalue weighted by molar-refractivity contribution is 5.99. The van der Waals surface area contributed by atoms with E-state index in [1.165, 1.54) is 11.1 Å². The minimum absolute atomic E-state index is 0.914. The van der Waals surface area contributed by atoms with Crippen molar-refractivity contribution in [1.82, 2.24) is 0 Å². The number of methoxy groups -OCH3 is 1. The summed E-state index contributed by atoms with van der Waals surface area (Å²) in [6.45, 7) is 6.12. The first-order valence-electron chi connectivity index (χ1n) is 5.35. The normalized spacial score (nSPS) is 12.8. The lowest BCUT2D eigenvalue weighted by Crippen LogP contribution is -1.93. The molecule has 0 saturated carbocycles. The second-order valence-corrected chi connectivity index (χ2v) is 3.90. The summed E-state index contributed by atoms with van der Waals surface area (Å²) >= 11 is 0. The molecule has 0 aliphatic heterocycles. The number of nitrogens with zero attached hydrogens (tertiary/aromatic N) is 1. The van der Waals surface area contributed by atoms with Crippen molar-refractivity contribution in [1.29, 1.82) is 0 Å². The number of hydrogen-bond acceptors (Lipinski definition) is 2. The van der Waals surface area contributed by atoms with Crippen molar-refractivity contribution in [3.05, 3.63) is 35.4 Å². The topological polar surface area (TPSA) is 21.6 Å². The van der Waals surface area contributed by atoms with Crippen LogP contribution < -0.4 is 4.74 Å². The molecular weight excluding hydrogens is 198 g/mol. The summed E-state index contributed by atoms with van der Waals surface area (Å²) < 4.78 is 5.38. The van der Waals surface area contributed by atoms with Gasteiger partial charge < -0.3 is 4.74 Å². The maximum atomic E-state index is 5.38. The number of aliphatic imine (C=N–C) groups is 1. The van der Waals surface area contributed by atoms with Crippen LogP contribution in [0.2, 0.25) is 0 Å². The van der Waals surface area contributed by atoms with Gasteiger partial charge in [-0.3, -0.25) is 4.99 Å². The number of benzene rings is 1. The van der Waals surface area contributed by atoms with Crippen LogP contribution in [0.1, 0.15) is 25.0 Å². The fraction of sp³-hybridized carbons (Fsp3) is 0.357. The first-order chi connectivity index (χ1) is 7.58. The van der Waals surface area contributed by atoms with Gasteiger partial charge in [-0.25, -0.2) is 0 Å². The van der Waals surface area contributed by atoms with E-state index < -0.39 is 0 Å². The standard InChI is InChI=1S/C14H19NO/c1-10-6-7-13(14(8-10)16-5)11(2)9-12(3)15-4/h6-9H,1-5H3/b11-9+,15-12?. The van der Waals surface area contributed by atoms with Crippen LogP contribution in [0.5, 0.6) is 5.75 Å². The highest BCUT2D eigenvalue weighted by Crippen LogP contribution is 2.26. The molecule has 86 valence electrons. The summed E-state index contributed by atoms with van der Waals surface area (Å²) in [5.74, 6) is 0.914. The SMILES string of the molecule is CN=C(C)/C=C(\C)c1ccc(C)cc1OC. The third-order valence-corrected chi connectivity index (χ3v) is 2.56. The molecule has 0 radical (unpaired) electrons. The van der Waals surface area contributed by atoms with E-state index in [4.69, 9.17) is 4.74 Å². The van der Waals surface area contributed by atoms with Crippen molar-refractivity contribution >= 4 is 11.3 Å². The van der Waals surface area contributed by atoms with Crippen LogP contribution >= 0.6 is 0 Å². The summed E-state index contributed by atoms with van der Waals surface area (Å²) in [4.78, 5) is 4.13. The van der Waals surface area contributed by atoms with Gasteiger partial charge in [0.2, 0.25) is 0 Å². The van der Waals surface area contributed by atoms with Crippen LogP contribution in [0.3, 0.4) is 0 Å². The molecule has 0 spiro atoms. The summed E-state index contributed by atoms with van der Waals surface area (Å²) in [6.07, 6.45) is 2.06. The smallest absolute Gasteiger partial charge is 0.126 e. The van der Waals surface area contributed by atoms with E-state index in [-0.39, 0.29) is 0 Å². The number of aryl methyl sites for hydroxylation is 1. The van der Waals surface area contributed by atoms with Crippen LogP contribution in [0.25, 0.3) is 5.57 Å². The molecule has 1 aromatic rings. The Hall–Kier alpha value is -1.57. The molecule has 1 rings (SSSR count). The zero-order valence-electron chi connectivity index (χ0n) is 10.7. The van der Waals surface area contributed by atoms with Crippen LogP contribution in [0, 0.1) is 6.92 Å². The van der Waals surface area contributed by atoms with Gasteiger partial charge in [0.25, 0.3) is 0 Å². The first kappa shape index (κ1) is 12.5. The molecule has 0 heterocycles. The average molecular weight is 217 g/mol. The van der Waals surface area contributed by atoms with Crippen molar-refractivity contribution in [2.45, 2.75) is 20.8 Å². The lowest BCUT2D eigenvalue weighted by atomic mass is 10.0. The Morgan fingerprint density at radius 1 is 1.31 bits per heavy atom. The summed E-state index contributed by atoms with van der Waals surface area (Å²) in [5.41, 5.74) is 4.51. The minimum Gasteiger partial charge on any atom is -0.496 e. The molecule has 0 amide bonds. The highest BCUT2D eigenvalue weighted by Gasteiger charge is 2.04. The van der Waals surface area contributed by atoms with Crippen molar-refractivity contribution in [3.8, 4) is 5.75 Å². The van der Waals surface area contributed by atoms with E-state index in [1.807, 2.05) is 13.0 Å². The largest absolute Gasteiger partial charge is 0.496 e. The Morgan fingerprint density at radius 3 is 2.56 bits per heavy atom. The monoisotopic (exact) mass is 217 g/mol. The van der Waals surface area contributed by atoms with Crippen LogP contribution in [-0.4, -0.2) is 19.9 Å². The van der Waals surface area contributed by atoms with Gasteiger partial charge in [0.15, 0.2) is 0 Å². The molecule has 0 aliphatic carbocycles. The van der Waals surface area contributed by atoms with E-state index in [2.05, 4.69) is 37.0 Å². The molecule has 2 nitrogen and oxygen atoms in total. The summed E-state index contributed by atoms with van der Waals surface area (Å²) in [5, 5.41) is 0. The predicted octanol–water partition coefficient (Wildman–Crippen LogP) is 3.50. The van der Waals surface area contributed by atoms with Crippen LogP contribution in [0.15, 0.2) is 29.3 Å². The van der Waals surface area contributed by atoms with Crippen molar-refractivity contribution in [2.75, 3.05) is 14.2 Å². The van der Waals surface area contributed by atoms with Gasteiger partial charge in [0, 0.05) is 18.3 Å². The summed E-state index contributed by atoms with van der Waals surface area (Å²) in [6, 6.07) is 6.22. The molecule has 16 heavy (non-hydrogen) atoms. The predicted molar refractivity (Wildman–Crippen MR) is 70.4 cm³/mol. The highest BCUT2D eigenvalue weighted by atomic mass is 16.5. The molecule has 0 fully saturated rings. The first-order valence-corrected chi connectivity index (χ1v) is 5.35. The molecule has 0 saturated heterocycles. The Kier molecular flexibility index (Phi) is 4.29. The van der Waals surface area contributed by atoms with Crippen molar-refractivity contribution in [3.63, 3.8) is 0 Å². The van der Waals surface area contributed by atoms with E-state index in [1.54, 1.807) is 14.2 Å². The zero-order chi connectivity index (χ0) is 12.1. The second-order valence-electron chi connectivity index (χ2n) is 3.90. The number of hydrogen-bond donors (Lipinski definition) is 0. The average Bonchev–Trinajstić information content (AvgIpc) is 2.28. The van der Waals surface area contributed by atoms with Gasteiger partial charge in [-0.05, 0) is 44.1 Å². The lowest BCUT2D eigenvalue weighted by Gasteiger charge is -2.09. The molecule has 0 aliphatic rings. The number of rotatable bonds is 3. The Bertz CT molecular complexity index is 430. The third kappa shape index (κ3) is 2.96. The fourth-order valence-electron chi connectivity index (χ4n) is 1.58. The fourth-order valence-corrected chi connectivity index (χ4v) is 1.58. The van der Waals surface area contributed by atoms with Gasteiger partial charge in [0.1, 0.15) is 5.75 Å². The maximum Gasteiger partial charge on any atom is 0.126 e. The summed E-state index contributed by atoms with van der Waals surface area (Å²) in [7, 11) is 3.50. The molecule has 1 aromatic carbocycles. The van der Waals surface area contributed by atoms with Gasteiger partial charge in [-0.2, -0.15) is 0 Å². The Morgan fingerprint density at radius 2 is 2.00 bits per heavy atom. The van der Waals surface area contributed by atoms with Crippen LogP contribution in [0.4, 0.5) is 0 Å². The maximum absolute atomic E-state index is 5.38. The number of allylic oxidation sites excluding steroid dienone is 2. The molecule has 0 aromatic heterocycles. The molecular formula is C14H19NO. The third-order valence-electron chi connectivity index (χ3n) is 2.56. The Labute approximate surface area is 97.7 Å². The molecule has 0 N–H and O–H groups in total. The number of ether oxygens (including phenoxy) is 1. The van der Waals surface area contributed by atoms with E-state index in [0.29, 0.717) is 0 Å². The molecule has 0 atom stereocenters. The van der Waals surface area contributed by atoms with Gasteiger partial charge in [0.05, 0.1) is 7.11 Å². The second kappa shape index (κ2) is 5.50. The van der Waals surface area contributed by atoms with Gasteiger partial charge in [-0.15, -0.1) is 0 Å². The molecule has 0 unspecified atom stereocenters. The molecule has 0 bridgehead atoms. The van der Waals surface area contributed by atoms with Crippen LogP contribution in [-0.2, 0) is 0 Å². The quantitative estimate of drug-likeness (QED) is 0.710. The van der Waals surface area contributed by atoms with Crippen molar-refractivity contribution < 1.29 is 4.74 Å². The van der Waals surface area contributed by atoms with Gasteiger partial charge >= 0.3 is 0 Å². The van der Waals surface area contributed by atoms with Crippen molar-refractivity contribution in [2.24, 2.45) is 4.99 Å². The molecule has 2 heteroatoms. The Balaban J connectivity index is 3.18. The minimum atomic E-state index is 0.914. The van der Waals surface area contributed by atoms with Gasteiger partial charge in [-0.1, -0.05) is 12.1 Å². The van der Waals surface area contributed by atoms with E-state index in [9.17, 15) is 0 Å². The van der Waals surface area contributed by atoms with E-state index >= 15 is 0 Å². The lowest BCUT2D eigenvalue weighted by molar-refractivity contribution is 0.413.